The average molecular weight is 356 g/mol. The van der Waals surface area contributed by atoms with E-state index in [0.29, 0.717) is 5.89 Å². The number of benzene rings is 1. The first-order chi connectivity index (χ1) is 12.7. The predicted octanol–water partition coefficient (Wildman–Crippen LogP) is 0.983. The van der Waals surface area contributed by atoms with Crippen LogP contribution in [0, 0.1) is 0 Å². The Balaban J connectivity index is 1.62. The molecule has 140 valence electrons. The molecule has 0 aliphatic carbocycles. The molecule has 1 aromatic heterocycles. The number of hydrogen-bond donors (Lipinski definition) is 1. The Hall–Kier alpha value is -1.80. The lowest BCUT2D eigenvalue weighted by Crippen LogP contribution is -2.46. The summed E-state index contributed by atoms with van der Waals surface area (Å²) in [4.78, 5) is 11.9. The molecule has 2 aliphatic heterocycles. The SMILES string of the molecule is CN1CCN(C(c2ccccc2)c2nc(C3CNCCN3C)no2)CC1. The van der Waals surface area contributed by atoms with E-state index in [1.165, 1.54) is 5.56 Å². The van der Waals surface area contributed by atoms with Crippen LogP contribution in [0.1, 0.15) is 29.4 Å². The first-order valence-corrected chi connectivity index (χ1v) is 9.44. The zero-order valence-electron chi connectivity index (χ0n) is 15.6. The van der Waals surface area contributed by atoms with Crippen molar-refractivity contribution >= 4 is 0 Å². The summed E-state index contributed by atoms with van der Waals surface area (Å²) in [6.07, 6.45) is 0. The van der Waals surface area contributed by atoms with Crippen molar-refractivity contribution in [2.24, 2.45) is 0 Å². The number of aromatic nitrogens is 2. The second kappa shape index (κ2) is 7.84. The molecule has 0 amide bonds. The standard InChI is InChI=1S/C19H28N6O/c1-23-10-12-25(13-11-23)17(15-6-4-3-5-7-15)19-21-18(22-26-19)16-14-20-8-9-24(16)2/h3-7,16-17,20H,8-14H2,1-2H3. The van der Waals surface area contributed by atoms with Crippen LogP contribution in [0.15, 0.2) is 34.9 Å². The number of rotatable bonds is 4. The smallest absolute Gasteiger partial charge is 0.248 e. The molecule has 7 heteroatoms. The van der Waals surface area contributed by atoms with Gasteiger partial charge in [0.25, 0.3) is 0 Å². The van der Waals surface area contributed by atoms with E-state index < -0.39 is 0 Å². The molecule has 2 aromatic rings. The zero-order chi connectivity index (χ0) is 17.9. The Kier molecular flexibility index (Phi) is 5.31. The van der Waals surface area contributed by atoms with Crippen molar-refractivity contribution in [2.75, 3.05) is 59.9 Å². The number of likely N-dealkylation sites (N-methyl/N-ethyl adjacent to an activating group) is 2. The van der Waals surface area contributed by atoms with E-state index in [2.05, 4.69) is 63.5 Å². The molecule has 1 N–H and O–H groups in total. The number of nitrogens with one attached hydrogen (secondary N) is 1. The maximum Gasteiger partial charge on any atom is 0.248 e. The van der Waals surface area contributed by atoms with E-state index in [9.17, 15) is 0 Å². The monoisotopic (exact) mass is 356 g/mol. The summed E-state index contributed by atoms with van der Waals surface area (Å²) in [5.41, 5.74) is 1.21. The lowest BCUT2D eigenvalue weighted by molar-refractivity contribution is 0.111. The van der Waals surface area contributed by atoms with Gasteiger partial charge in [-0.2, -0.15) is 4.98 Å². The second-order valence-corrected chi connectivity index (χ2v) is 7.34. The molecule has 0 bridgehead atoms. The molecular weight excluding hydrogens is 328 g/mol. The van der Waals surface area contributed by atoms with E-state index in [4.69, 9.17) is 9.51 Å². The summed E-state index contributed by atoms with van der Waals surface area (Å²) in [6, 6.07) is 10.7. The topological polar surface area (TPSA) is 60.7 Å². The van der Waals surface area contributed by atoms with Gasteiger partial charge in [-0.25, -0.2) is 0 Å². The van der Waals surface area contributed by atoms with Crippen LogP contribution in [0.5, 0.6) is 0 Å². The molecule has 1 aromatic carbocycles. The summed E-state index contributed by atoms with van der Waals surface area (Å²) < 4.78 is 5.79. The maximum absolute atomic E-state index is 5.79. The number of nitrogens with zero attached hydrogens (tertiary/aromatic N) is 5. The molecule has 3 heterocycles. The van der Waals surface area contributed by atoms with Gasteiger partial charge in [0.2, 0.25) is 5.89 Å². The molecule has 2 aliphatic rings. The van der Waals surface area contributed by atoms with Gasteiger partial charge in [-0.05, 0) is 19.7 Å². The van der Waals surface area contributed by atoms with Gasteiger partial charge in [0.05, 0.1) is 6.04 Å². The molecule has 2 unspecified atom stereocenters. The lowest BCUT2D eigenvalue weighted by atomic mass is 10.0. The van der Waals surface area contributed by atoms with Crippen molar-refractivity contribution in [1.29, 1.82) is 0 Å². The molecule has 0 radical (unpaired) electrons. The minimum Gasteiger partial charge on any atom is -0.337 e. The van der Waals surface area contributed by atoms with Gasteiger partial charge in [0.1, 0.15) is 6.04 Å². The van der Waals surface area contributed by atoms with Gasteiger partial charge in [0, 0.05) is 45.8 Å². The molecule has 2 saturated heterocycles. The fourth-order valence-electron chi connectivity index (χ4n) is 3.81. The Morgan fingerprint density at radius 2 is 1.85 bits per heavy atom. The van der Waals surface area contributed by atoms with Crippen LogP contribution in [0.3, 0.4) is 0 Å². The van der Waals surface area contributed by atoms with E-state index in [1.807, 2.05) is 6.07 Å². The molecule has 4 rings (SSSR count). The quantitative estimate of drug-likeness (QED) is 0.876. The van der Waals surface area contributed by atoms with Crippen LogP contribution < -0.4 is 5.32 Å². The molecule has 2 atom stereocenters. The third-order valence-corrected chi connectivity index (χ3v) is 5.52. The fraction of sp³-hybridized carbons (Fsp3) is 0.579. The van der Waals surface area contributed by atoms with Crippen LogP contribution >= 0.6 is 0 Å². The van der Waals surface area contributed by atoms with Gasteiger partial charge in [-0.3, -0.25) is 9.80 Å². The minimum atomic E-state index is 0.0213. The highest BCUT2D eigenvalue weighted by Gasteiger charge is 2.32. The van der Waals surface area contributed by atoms with Crippen molar-refractivity contribution in [3.8, 4) is 0 Å². The molecule has 2 fully saturated rings. The van der Waals surface area contributed by atoms with E-state index in [0.717, 1.165) is 51.6 Å². The summed E-state index contributed by atoms with van der Waals surface area (Å²) in [6.45, 7) is 6.97. The van der Waals surface area contributed by atoms with E-state index >= 15 is 0 Å². The van der Waals surface area contributed by atoms with Crippen LogP contribution in [0.2, 0.25) is 0 Å². The van der Waals surface area contributed by atoms with Crippen molar-refractivity contribution in [3.05, 3.63) is 47.6 Å². The zero-order valence-corrected chi connectivity index (χ0v) is 15.6. The van der Waals surface area contributed by atoms with Gasteiger partial charge in [-0.15, -0.1) is 0 Å². The summed E-state index contributed by atoms with van der Waals surface area (Å²) in [5, 5.41) is 7.76. The largest absolute Gasteiger partial charge is 0.337 e. The summed E-state index contributed by atoms with van der Waals surface area (Å²) >= 11 is 0. The second-order valence-electron chi connectivity index (χ2n) is 7.34. The normalized spacial score (nSPS) is 24.6. The van der Waals surface area contributed by atoms with Crippen LogP contribution in [0.25, 0.3) is 0 Å². The Bertz CT molecular complexity index is 697. The Morgan fingerprint density at radius 1 is 1.08 bits per heavy atom. The summed E-state index contributed by atoms with van der Waals surface area (Å²) in [5.74, 6) is 1.49. The highest BCUT2D eigenvalue weighted by molar-refractivity contribution is 5.24. The molecule has 7 nitrogen and oxygen atoms in total. The van der Waals surface area contributed by atoms with Gasteiger partial charge in [-0.1, -0.05) is 35.5 Å². The fourth-order valence-corrected chi connectivity index (χ4v) is 3.81. The van der Waals surface area contributed by atoms with Gasteiger partial charge in [0.15, 0.2) is 5.82 Å². The maximum atomic E-state index is 5.79. The Morgan fingerprint density at radius 3 is 2.58 bits per heavy atom. The summed E-state index contributed by atoms with van der Waals surface area (Å²) in [7, 11) is 4.29. The highest BCUT2D eigenvalue weighted by atomic mass is 16.5. The van der Waals surface area contributed by atoms with Crippen LogP contribution in [-0.4, -0.2) is 84.7 Å². The van der Waals surface area contributed by atoms with Crippen molar-refractivity contribution in [2.45, 2.75) is 12.1 Å². The van der Waals surface area contributed by atoms with E-state index in [1.54, 1.807) is 0 Å². The lowest BCUT2D eigenvalue weighted by Gasteiger charge is -2.36. The van der Waals surface area contributed by atoms with Crippen molar-refractivity contribution < 1.29 is 4.52 Å². The first kappa shape index (κ1) is 17.6. The molecule has 0 spiro atoms. The van der Waals surface area contributed by atoms with Gasteiger partial charge >= 0.3 is 0 Å². The molecular formula is C19H28N6O. The first-order valence-electron chi connectivity index (χ1n) is 9.44. The number of hydrogen-bond acceptors (Lipinski definition) is 7. The third-order valence-electron chi connectivity index (χ3n) is 5.52. The predicted molar refractivity (Wildman–Crippen MR) is 99.9 cm³/mol. The third kappa shape index (κ3) is 3.66. The highest BCUT2D eigenvalue weighted by Crippen LogP contribution is 2.29. The van der Waals surface area contributed by atoms with Crippen LogP contribution in [-0.2, 0) is 0 Å². The average Bonchev–Trinajstić information content (AvgIpc) is 3.14. The molecule has 0 saturated carbocycles. The van der Waals surface area contributed by atoms with Crippen molar-refractivity contribution in [1.82, 2.24) is 30.2 Å². The van der Waals surface area contributed by atoms with Crippen molar-refractivity contribution in [3.63, 3.8) is 0 Å². The van der Waals surface area contributed by atoms with E-state index in [-0.39, 0.29) is 12.1 Å². The minimum absolute atomic E-state index is 0.0213. The number of piperazine rings is 2. The molecule has 26 heavy (non-hydrogen) atoms. The Labute approximate surface area is 155 Å². The van der Waals surface area contributed by atoms with Crippen LogP contribution in [0.4, 0.5) is 0 Å². The van der Waals surface area contributed by atoms with Gasteiger partial charge < -0.3 is 14.7 Å².